The van der Waals surface area contributed by atoms with E-state index in [1.165, 1.54) is 12.1 Å². The molecule has 2 aromatic heterocycles. The third kappa shape index (κ3) is 4.16. The summed E-state index contributed by atoms with van der Waals surface area (Å²) >= 11 is 12.0. The standard InChI is InChI=1S/C22H15Cl2N3O2/c23-16-9-15(10-17(24)11-16)21(28)26-20-5-1-4-19-18(20)6-8-27(22(19)29)13-14-3-2-7-25-12-14/h1-12H,13H2,(H,26,28). The second-order valence-corrected chi connectivity index (χ2v) is 7.36. The fourth-order valence-electron chi connectivity index (χ4n) is 3.12. The van der Waals surface area contributed by atoms with Gasteiger partial charge in [0.05, 0.1) is 6.54 Å². The molecule has 0 atom stereocenters. The van der Waals surface area contributed by atoms with E-state index in [0.717, 1.165) is 5.56 Å². The van der Waals surface area contributed by atoms with Crippen molar-refractivity contribution in [2.24, 2.45) is 0 Å². The molecule has 0 spiro atoms. The van der Waals surface area contributed by atoms with Gasteiger partial charge in [0, 0.05) is 50.7 Å². The molecule has 0 unspecified atom stereocenters. The lowest BCUT2D eigenvalue weighted by Gasteiger charge is -2.11. The predicted molar refractivity (Wildman–Crippen MR) is 116 cm³/mol. The Balaban J connectivity index is 1.68. The van der Waals surface area contributed by atoms with Crippen molar-refractivity contribution in [3.8, 4) is 0 Å². The first-order chi connectivity index (χ1) is 14.0. The monoisotopic (exact) mass is 423 g/mol. The van der Waals surface area contributed by atoms with Crippen LogP contribution in [-0.4, -0.2) is 15.5 Å². The molecule has 0 saturated carbocycles. The smallest absolute Gasteiger partial charge is 0.258 e. The van der Waals surface area contributed by atoms with Crippen molar-refractivity contribution >= 4 is 45.6 Å². The number of hydrogen-bond acceptors (Lipinski definition) is 3. The number of halogens is 2. The number of hydrogen-bond donors (Lipinski definition) is 1. The minimum atomic E-state index is -0.360. The molecule has 0 aliphatic rings. The zero-order valence-electron chi connectivity index (χ0n) is 15.1. The van der Waals surface area contributed by atoms with Crippen LogP contribution >= 0.6 is 23.2 Å². The lowest BCUT2D eigenvalue weighted by atomic mass is 10.1. The summed E-state index contributed by atoms with van der Waals surface area (Å²) in [5.74, 6) is -0.360. The Hall–Kier alpha value is -3.15. The van der Waals surface area contributed by atoms with E-state index in [1.54, 1.807) is 47.4 Å². The Morgan fingerprint density at radius 1 is 1.00 bits per heavy atom. The van der Waals surface area contributed by atoms with Gasteiger partial charge in [-0.15, -0.1) is 0 Å². The maximum absolute atomic E-state index is 12.9. The molecule has 7 heteroatoms. The summed E-state index contributed by atoms with van der Waals surface area (Å²) in [7, 11) is 0. The minimum absolute atomic E-state index is 0.145. The number of amides is 1. The van der Waals surface area contributed by atoms with Crippen molar-refractivity contribution in [1.82, 2.24) is 9.55 Å². The number of carbonyl (C=O) groups is 1. The van der Waals surface area contributed by atoms with Crippen LogP contribution in [0.1, 0.15) is 15.9 Å². The molecule has 2 aromatic carbocycles. The Morgan fingerprint density at radius 2 is 1.79 bits per heavy atom. The second kappa shape index (κ2) is 8.07. The number of anilines is 1. The number of fused-ring (bicyclic) bond motifs is 1. The average molecular weight is 424 g/mol. The highest BCUT2D eigenvalue weighted by Crippen LogP contribution is 2.24. The summed E-state index contributed by atoms with van der Waals surface area (Å²) in [6, 6.07) is 15.4. The van der Waals surface area contributed by atoms with Crippen molar-refractivity contribution in [2.75, 3.05) is 5.32 Å². The van der Waals surface area contributed by atoms with Gasteiger partial charge in [0.1, 0.15) is 0 Å². The first-order valence-corrected chi connectivity index (χ1v) is 9.55. The maximum Gasteiger partial charge on any atom is 0.258 e. The van der Waals surface area contributed by atoms with Gasteiger partial charge in [0.15, 0.2) is 0 Å². The Labute approximate surface area is 176 Å². The number of rotatable bonds is 4. The highest BCUT2D eigenvalue weighted by Gasteiger charge is 2.12. The Kier molecular flexibility index (Phi) is 5.34. The van der Waals surface area contributed by atoms with E-state index < -0.39 is 0 Å². The molecule has 29 heavy (non-hydrogen) atoms. The summed E-state index contributed by atoms with van der Waals surface area (Å²) in [5, 5.41) is 4.75. The van der Waals surface area contributed by atoms with Gasteiger partial charge in [-0.3, -0.25) is 14.6 Å². The van der Waals surface area contributed by atoms with E-state index in [1.807, 2.05) is 18.2 Å². The van der Waals surface area contributed by atoms with E-state index in [9.17, 15) is 9.59 Å². The topological polar surface area (TPSA) is 64.0 Å². The largest absolute Gasteiger partial charge is 0.321 e. The van der Waals surface area contributed by atoms with Crippen LogP contribution in [0.4, 0.5) is 5.69 Å². The molecule has 1 amide bonds. The van der Waals surface area contributed by atoms with Gasteiger partial charge in [0.2, 0.25) is 0 Å². The van der Waals surface area contributed by atoms with Crippen LogP contribution in [0.5, 0.6) is 0 Å². The highest BCUT2D eigenvalue weighted by atomic mass is 35.5. The quantitative estimate of drug-likeness (QED) is 0.501. The van der Waals surface area contributed by atoms with E-state index >= 15 is 0 Å². The molecule has 1 N–H and O–H groups in total. The molecular formula is C22H15Cl2N3O2. The van der Waals surface area contributed by atoms with Gasteiger partial charge >= 0.3 is 0 Å². The fourth-order valence-corrected chi connectivity index (χ4v) is 3.65. The lowest BCUT2D eigenvalue weighted by Crippen LogP contribution is -2.21. The first-order valence-electron chi connectivity index (χ1n) is 8.80. The normalized spacial score (nSPS) is 10.8. The van der Waals surface area contributed by atoms with Gasteiger partial charge in [-0.1, -0.05) is 35.3 Å². The Bertz CT molecular complexity index is 1250. The van der Waals surface area contributed by atoms with Crippen LogP contribution in [0, 0.1) is 0 Å². The van der Waals surface area contributed by atoms with Crippen molar-refractivity contribution in [3.63, 3.8) is 0 Å². The molecule has 0 saturated heterocycles. The van der Waals surface area contributed by atoms with Crippen LogP contribution in [0.2, 0.25) is 10.0 Å². The molecule has 2 heterocycles. The SMILES string of the molecule is O=C(Nc1cccc2c(=O)n(Cc3cccnc3)ccc12)c1cc(Cl)cc(Cl)c1. The molecule has 144 valence electrons. The molecular weight excluding hydrogens is 409 g/mol. The number of benzene rings is 2. The summed E-state index contributed by atoms with van der Waals surface area (Å²) in [5.41, 5.74) is 1.66. The third-order valence-corrected chi connectivity index (χ3v) is 4.90. The number of pyridine rings is 2. The van der Waals surface area contributed by atoms with Gasteiger partial charge in [-0.25, -0.2) is 0 Å². The fraction of sp³-hybridized carbons (Fsp3) is 0.0455. The minimum Gasteiger partial charge on any atom is -0.321 e. The maximum atomic E-state index is 12.9. The summed E-state index contributed by atoms with van der Waals surface area (Å²) < 4.78 is 1.61. The molecule has 4 rings (SSSR count). The van der Waals surface area contributed by atoms with Gasteiger partial charge < -0.3 is 9.88 Å². The molecule has 0 radical (unpaired) electrons. The van der Waals surface area contributed by atoms with Crippen molar-refractivity contribution < 1.29 is 4.79 Å². The van der Waals surface area contributed by atoms with Crippen LogP contribution in [0.15, 0.2) is 78.0 Å². The Morgan fingerprint density at radius 3 is 2.52 bits per heavy atom. The van der Waals surface area contributed by atoms with Crippen molar-refractivity contribution in [3.05, 3.63) is 105 Å². The number of nitrogens with zero attached hydrogens (tertiary/aromatic N) is 2. The lowest BCUT2D eigenvalue weighted by molar-refractivity contribution is 0.102. The average Bonchev–Trinajstić information content (AvgIpc) is 2.70. The van der Waals surface area contributed by atoms with E-state index in [0.29, 0.717) is 38.6 Å². The van der Waals surface area contributed by atoms with E-state index in [-0.39, 0.29) is 11.5 Å². The third-order valence-electron chi connectivity index (χ3n) is 4.47. The van der Waals surface area contributed by atoms with Crippen molar-refractivity contribution in [1.29, 1.82) is 0 Å². The van der Waals surface area contributed by atoms with Gasteiger partial charge in [-0.2, -0.15) is 0 Å². The second-order valence-electron chi connectivity index (χ2n) is 6.49. The van der Waals surface area contributed by atoms with Crippen molar-refractivity contribution in [2.45, 2.75) is 6.54 Å². The van der Waals surface area contributed by atoms with E-state index in [2.05, 4.69) is 10.3 Å². The number of carbonyl (C=O) groups excluding carboxylic acids is 1. The van der Waals surface area contributed by atoms with Crippen LogP contribution in [0.3, 0.4) is 0 Å². The molecule has 0 aliphatic carbocycles. The van der Waals surface area contributed by atoms with Crippen LogP contribution in [0.25, 0.3) is 10.8 Å². The molecule has 4 aromatic rings. The van der Waals surface area contributed by atoms with Crippen LogP contribution in [-0.2, 0) is 6.54 Å². The zero-order chi connectivity index (χ0) is 20.4. The van der Waals surface area contributed by atoms with Crippen LogP contribution < -0.4 is 10.9 Å². The molecule has 0 bridgehead atoms. The number of aromatic nitrogens is 2. The summed E-state index contributed by atoms with van der Waals surface area (Å²) in [6.07, 6.45) is 5.13. The van der Waals surface area contributed by atoms with Gasteiger partial charge in [0.25, 0.3) is 11.5 Å². The molecule has 5 nitrogen and oxygen atoms in total. The molecule has 0 aliphatic heterocycles. The predicted octanol–water partition coefficient (Wildman–Crippen LogP) is 5.00. The first kappa shape index (κ1) is 19.2. The van der Waals surface area contributed by atoms with Gasteiger partial charge in [-0.05, 0) is 48.0 Å². The highest BCUT2D eigenvalue weighted by molar-refractivity contribution is 6.35. The summed E-state index contributed by atoms with van der Waals surface area (Å²) in [6.45, 7) is 0.417. The zero-order valence-corrected chi connectivity index (χ0v) is 16.6. The molecule has 0 fully saturated rings. The number of nitrogens with one attached hydrogen (secondary N) is 1. The van der Waals surface area contributed by atoms with E-state index in [4.69, 9.17) is 23.2 Å². The summed E-state index contributed by atoms with van der Waals surface area (Å²) in [4.78, 5) is 29.6.